The minimum Gasteiger partial charge on any atom is -0.460 e. The Hall–Kier alpha value is -2.37. The maximum atomic E-state index is 12.1. The zero-order valence-corrected chi connectivity index (χ0v) is 14.7. The first-order valence-electron chi connectivity index (χ1n) is 7.84. The van der Waals surface area contributed by atoms with Crippen LogP contribution in [0, 0.1) is 0 Å². The van der Waals surface area contributed by atoms with E-state index >= 15 is 0 Å². The molecule has 0 aliphatic heterocycles. The second-order valence-electron chi connectivity index (χ2n) is 6.50. The summed E-state index contributed by atoms with van der Waals surface area (Å²) in [7, 11) is 0. The molecule has 0 fully saturated rings. The fourth-order valence-electron chi connectivity index (χ4n) is 1.93. The van der Waals surface area contributed by atoms with Crippen molar-refractivity contribution in [1.29, 1.82) is 0 Å². The highest BCUT2D eigenvalue weighted by Crippen LogP contribution is 2.09. The van der Waals surface area contributed by atoms with Gasteiger partial charge in [-0.3, -0.25) is 9.59 Å². The Morgan fingerprint density at radius 2 is 1.71 bits per heavy atom. The van der Waals surface area contributed by atoms with Crippen molar-refractivity contribution in [3.8, 4) is 0 Å². The SMILES string of the molecule is CC(=O)CN(CCC(=O)OC(C)(C)C)C(=O)OCc1ccccc1. The van der Waals surface area contributed by atoms with Gasteiger partial charge in [-0.05, 0) is 33.3 Å². The fourth-order valence-corrected chi connectivity index (χ4v) is 1.93. The van der Waals surface area contributed by atoms with Crippen molar-refractivity contribution in [2.24, 2.45) is 0 Å². The number of rotatable bonds is 7. The Bertz CT molecular complexity index is 563. The highest BCUT2D eigenvalue weighted by Gasteiger charge is 2.21. The number of nitrogens with zero attached hydrogens (tertiary/aromatic N) is 1. The Balaban J connectivity index is 2.55. The Labute approximate surface area is 142 Å². The molecule has 0 bridgehead atoms. The fraction of sp³-hybridized carbons (Fsp3) is 0.500. The number of Topliss-reactive ketones (excluding diaryl/α,β-unsaturated/α-hetero) is 1. The molecule has 6 nitrogen and oxygen atoms in total. The third-order valence-corrected chi connectivity index (χ3v) is 2.88. The van der Waals surface area contributed by atoms with Crippen LogP contribution in [-0.2, 0) is 25.7 Å². The molecule has 1 rings (SSSR count). The standard InChI is InChI=1S/C18H25NO5/c1-14(20)12-19(11-10-16(21)24-18(2,3)4)17(22)23-13-15-8-6-5-7-9-15/h5-9H,10-13H2,1-4H3. The normalized spacial score (nSPS) is 10.8. The first kappa shape index (κ1) is 19.7. The lowest BCUT2D eigenvalue weighted by molar-refractivity contribution is -0.155. The Morgan fingerprint density at radius 3 is 2.25 bits per heavy atom. The molecule has 24 heavy (non-hydrogen) atoms. The smallest absolute Gasteiger partial charge is 0.410 e. The van der Waals surface area contributed by atoms with E-state index in [0.717, 1.165) is 5.56 Å². The van der Waals surface area contributed by atoms with Crippen LogP contribution in [-0.4, -0.2) is 41.4 Å². The number of carbonyl (C=O) groups excluding carboxylic acids is 3. The van der Waals surface area contributed by atoms with Gasteiger partial charge in [-0.25, -0.2) is 4.79 Å². The molecule has 0 saturated heterocycles. The first-order valence-corrected chi connectivity index (χ1v) is 7.84. The Kier molecular flexibility index (Phi) is 7.42. The van der Waals surface area contributed by atoms with Gasteiger partial charge in [0, 0.05) is 6.54 Å². The number of ether oxygens (including phenoxy) is 2. The number of hydrogen-bond acceptors (Lipinski definition) is 5. The average Bonchev–Trinajstić information content (AvgIpc) is 2.48. The summed E-state index contributed by atoms with van der Waals surface area (Å²) in [6, 6.07) is 9.23. The molecule has 132 valence electrons. The predicted molar refractivity (Wildman–Crippen MR) is 89.3 cm³/mol. The van der Waals surface area contributed by atoms with E-state index in [-0.39, 0.29) is 31.9 Å². The van der Waals surface area contributed by atoms with E-state index in [4.69, 9.17) is 9.47 Å². The van der Waals surface area contributed by atoms with Crippen LogP contribution in [0.25, 0.3) is 0 Å². The molecule has 1 aromatic carbocycles. The van der Waals surface area contributed by atoms with Gasteiger partial charge in [0.25, 0.3) is 0 Å². The summed E-state index contributed by atoms with van der Waals surface area (Å²) in [5, 5.41) is 0. The van der Waals surface area contributed by atoms with Crippen molar-refractivity contribution in [2.45, 2.75) is 46.3 Å². The van der Waals surface area contributed by atoms with Crippen molar-refractivity contribution in [1.82, 2.24) is 4.90 Å². The second-order valence-corrected chi connectivity index (χ2v) is 6.50. The minimum atomic E-state index is -0.627. The first-order chi connectivity index (χ1) is 11.2. The third-order valence-electron chi connectivity index (χ3n) is 2.88. The highest BCUT2D eigenvalue weighted by atomic mass is 16.6. The van der Waals surface area contributed by atoms with Crippen molar-refractivity contribution in [3.05, 3.63) is 35.9 Å². The predicted octanol–water partition coefficient (Wildman–Crippen LogP) is 2.95. The summed E-state index contributed by atoms with van der Waals surface area (Å²) in [6.07, 6.45) is -0.622. The lowest BCUT2D eigenvalue weighted by Crippen LogP contribution is -2.37. The van der Waals surface area contributed by atoms with E-state index in [1.54, 1.807) is 20.8 Å². The van der Waals surface area contributed by atoms with E-state index in [1.165, 1.54) is 11.8 Å². The van der Waals surface area contributed by atoms with Crippen LogP contribution in [0.4, 0.5) is 4.79 Å². The van der Waals surface area contributed by atoms with Gasteiger partial charge in [-0.1, -0.05) is 30.3 Å². The van der Waals surface area contributed by atoms with E-state index in [2.05, 4.69) is 0 Å². The highest BCUT2D eigenvalue weighted by molar-refractivity contribution is 5.82. The number of benzene rings is 1. The van der Waals surface area contributed by atoms with Crippen molar-refractivity contribution >= 4 is 17.8 Å². The molecular formula is C18H25NO5. The van der Waals surface area contributed by atoms with Gasteiger partial charge < -0.3 is 14.4 Å². The van der Waals surface area contributed by atoms with Crippen molar-refractivity contribution < 1.29 is 23.9 Å². The molecule has 0 radical (unpaired) electrons. The van der Waals surface area contributed by atoms with Gasteiger partial charge in [0.15, 0.2) is 0 Å². The van der Waals surface area contributed by atoms with Gasteiger partial charge in [0.1, 0.15) is 18.0 Å². The van der Waals surface area contributed by atoms with E-state index < -0.39 is 17.7 Å². The largest absolute Gasteiger partial charge is 0.460 e. The van der Waals surface area contributed by atoms with Crippen LogP contribution in [0.3, 0.4) is 0 Å². The summed E-state index contributed by atoms with van der Waals surface area (Å²) < 4.78 is 10.4. The van der Waals surface area contributed by atoms with Crippen LogP contribution in [0.15, 0.2) is 30.3 Å². The van der Waals surface area contributed by atoms with Crippen molar-refractivity contribution in [3.63, 3.8) is 0 Å². The van der Waals surface area contributed by atoms with Crippen LogP contribution in [0.5, 0.6) is 0 Å². The minimum absolute atomic E-state index is 0.00495. The zero-order valence-electron chi connectivity index (χ0n) is 14.7. The summed E-state index contributed by atoms with van der Waals surface area (Å²) in [5.41, 5.74) is 0.261. The molecule has 0 atom stereocenters. The molecule has 1 amide bonds. The summed E-state index contributed by atoms with van der Waals surface area (Å²) in [6.45, 7) is 6.77. The van der Waals surface area contributed by atoms with Gasteiger partial charge in [0.2, 0.25) is 0 Å². The molecular weight excluding hydrogens is 310 g/mol. The molecule has 0 N–H and O–H groups in total. The van der Waals surface area contributed by atoms with Crippen LogP contribution >= 0.6 is 0 Å². The van der Waals surface area contributed by atoms with E-state index in [1.807, 2.05) is 30.3 Å². The number of amides is 1. The van der Waals surface area contributed by atoms with Crippen LogP contribution in [0.2, 0.25) is 0 Å². The maximum absolute atomic E-state index is 12.1. The molecule has 0 aliphatic rings. The molecule has 0 heterocycles. The summed E-state index contributed by atoms with van der Waals surface area (Å²) >= 11 is 0. The van der Waals surface area contributed by atoms with Crippen molar-refractivity contribution in [2.75, 3.05) is 13.1 Å². The molecule has 0 unspecified atom stereocenters. The lowest BCUT2D eigenvalue weighted by atomic mass is 10.2. The molecule has 0 saturated carbocycles. The molecule has 1 aromatic rings. The summed E-state index contributed by atoms with van der Waals surface area (Å²) in [5.74, 6) is -0.609. The topological polar surface area (TPSA) is 72.9 Å². The average molecular weight is 335 g/mol. The molecule has 0 spiro atoms. The van der Waals surface area contributed by atoms with E-state index in [9.17, 15) is 14.4 Å². The quantitative estimate of drug-likeness (QED) is 0.716. The molecule has 6 heteroatoms. The molecule has 0 aliphatic carbocycles. The molecule has 0 aromatic heterocycles. The van der Waals surface area contributed by atoms with Gasteiger partial charge in [-0.2, -0.15) is 0 Å². The second kappa shape index (κ2) is 9.05. The van der Waals surface area contributed by atoms with Crippen LogP contribution in [0.1, 0.15) is 39.7 Å². The zero-order chi connectivity index (χ0) is 18.2. The van der Waals surface area contributed by atoms with Gasteiger partial charge in [0.05, 0.1) is 13.0 Å². The number of carbonyl (C=O) groups is 3. The van der Waals surface area contributed by atoms with Gasteiger partial charge in [-0.15, -0.1) is 0 Å². The van der Waals surface area contributed by atoms with E-state index in [0.29, 0.717) is 0 Å². The third kappa shape index (κ3) is 8.31. The number of hydrogen-bond donors (Lipinski definition) is 0. The lowest BCUT2D eigenvalue weighted by Gasteiger charge is -2.23. The monoisotopic (exact) mass is 335 g/mol. The number of ketones is 1. The summed E-state index contributed by atoms with van der Waals surface area (Å²) in [4.78, 5) is 36.5. The van der Waals surface area contributed by atoms with Crippen LogP contribution < -0.4 is 0 Å². The number of esters is 1. The maximum Gasteiger partial charge on any atom is 0.410 e. The Morgan fingerprint density at radius 1 is 1.08 bits per heavy atom. The van der Waals surface area contributed by atoms with Gasteiger partial charge >= 0.3 is 12.1 Å².